The Kier molecular flexibility index (Phi) is 49.5. The van der Waals surface area contributed by atoms with Gasteiger partial charge in [-0.15, -0.1) is 0 Å². The summed E-state index contributed by atoms with van der Waals surface area (Å²) >= 11 is 0. The average Bonchev–Trinajstić information content (AvgIpc) is 3.30. The van der Waals surface area contributed by atoms with E-state index in [0.29, 0.717) is 19.3 Å². The summed E-state index contributed by atoms with van der Waals surface area (Å²) in [5.74, 6) is -0.964. The van der Waals surface area contributed by atoms with Gasteiger partial charge in [0.25, 0.3) is 0 Å². The molecule has 0 aliphatic heterocycles. The Bertz CT molecular complexity index is 1360. The largest absolute Gasteiger partial charge is 0.462 e. The second-order valence-electron chi connectivity index (χ2n) is 17.1. The standard InChI is InChI=1S/C59H96O6/c1-4-7-10-13-16-18-20-22-23-24-25-26-27-28-29-30-31-32-33-34-35-37-38-40-43-46-49-52-58(61)64-55-56(54-63-57(60)51-48-45-42-15-12-9-6-3)65-59(62)53-50-47-44-41-39-36-21-19-17-14-11-8-5-2/h7,10,16,18-19,21-23,25-26,28-29,31-32,34-35,38,40,56H,4-6,8-9,11-15,17,20,24,27,30,33,36-37,39,41-55H2,1-3H3/b10-7-,18-16-,21-19-,23-22-,26-25-,29-28-,32-31-,35-34-,40-38-. The smallest absolute Gasteiger partial charge is 0.306 e. The van der Waals surface area contributed by atoms with Crippen molar-refractivity contribution < 1.29 is 28.6 Å². The number of unbranched alkanes of at least 4 members (excludes halogenated alkanes) is 17. The van der Waals surface area contributed by atoms with Crippen LogP contribution in [0.25, 0.3) is 0 Å². The molecule has 1 unspecified atom stereocenters. The van der Waals surface area contributed by atoms with Crippen molar-refractivity contribution in [1.82, 2.24) is 0 Å². The molecule has 0 aromatic heterocycles. The molecule has 1 atom stereocenters. The lowest BCUT2D eigenvalue weighted by Crippen LogP contribution is -2.30. The summed E-state index contributed by atoms with van der Waals surface area (Å²) in [7, 11) is 0. The van der Waals surface area contributed by atoms with Crippen molar-refractivity contribution in [3.8, 4) is 0 Å². The molecule has 0 rings (SSSR count). The molecule has 0 spiro atoms. The van der Waals surface area contributed by atoms with Gasteiger partial charge in [-0.25, -0.2) is 0 Å². The van der Waals surface area contributed by atoms with Gasteiger partial charge in [-0.05, 0) is 109 Å². The summed E-state index contributed by atoms with van der Waals surface area (Å²) in [5.41, 5.74) is 0. The maximum Gasteiger partial charge on any atom is 0.306 e. The topological polar surface area (TPSA) is 78.9 Å². The summed E-state index contributed by atoms with van der Waals surface area (Å²) in [5, 5.41) is 0. The van der Waals surface area contributed by atoms with Crippen molar-refractivity contribution in [3.63, 3.8) is 0 Å². The van der Waals surface area contributed by atoms with Gasteiger partial charge in [-0.2, -0.15) is 0 Å². The van der Waals surface area contributed by atoms with Crippen LogP contribution in [-0.4, -0.2) is 37.2 Å². The van der Waals surface area contributed by atoms with Crippen LogP contribution in [0.2, 0.25) is 0 Å². The lowest BCUT2D eigenvalue weighted by molar-refractivity contribution is -0.167. The zero-order valence-electron chi connectivity index (χ0n) is 42.0. The van der Waals surface area contributed by atoms with Crippen LogP contribution in [0.5, 0.6) is 0 Å². The SMILES string of the molecule is CC/C=C\C/C=C\C/C=C\C/C=C\C/C=C\C/C=C\C/C=C\C/C=C\CCCCC(=O)OCC(COC(=O)CCCCCCCCC)OC(=O)CCCCCCC/C=C\CCCCCC. The molecule has 0 radical (unpaired) electrons. The first-order valence-corrected chi connectivity index (χ1v) is 26.4. The second-order valence-corrected chi connectivity index (χ2v) is 17.1. The van der Waals surface area contributed by atoms with Crippen LogP contribution in [0.1, 0.15) is 226 Å². The lowest BCUT2D eigenvalue weighted by Gasteiger charge is -2.18. The van der Waals surface area contributed by atoms with Crippen LogP contribution in [0.4, 0.5) is 0 Å². The maximum absolute atomic E-state index is 12.7. The number of rotatable bonds is 46. The molecule has 0 fully saturated rings. The van der Waals surface area contributed by atoms with Gasteiger partial charge in [0.15, 0.2) is 6.10 Å². The molecular weight excluding hydrogens is 805 g/mol. The maximum atomic E-state index is 12.7. The van der Waals surface area contributed by atoms with E-state index >= 15 is 0 Å². The fraction of sp³-hybridized carbons (Fsp3) is 0.644. The number of hydrogen-bond donors (Lipinski definition) is 0. The van der Waals surface area contributed by atoms with Crippen LogP contribution < -0.4 is 0 Å². The van der Waals surface area contributed by atoms with E-state index in [1.807, 2.05) is 0 Å². The Hall–Kier alpha value is -3.93. The van der Waals surface area contributed by atoms with Crippen LogP contribution in [0, 0.1) is 0 Å². The predicted molar refractivity (Wildman–Crippen MR) is 279 cm³/mol. The zero-order chi connectivity index (χ0) is 47.2. The Labute approximate surface area is 400 Å². The van der Waals surface area contributed by atoms with Gasteiger partial charge < -0.3 is 14.2 Å². The molecule has 65 heavy (non-hydrogen) atoms. The van der Waals surface area contributed by atoms with E-state index in [1.54, 1.807) is 0 Å². The molecule has 0 saturated carbocycles. The number of ether oxygens (including phenoxy) is 3. The van der Waals surface area contributed by atoms with Gasteiger partial charge >= 0.3 is 17.9 Å². The fourth-order valence-corrected chi connectivity index (χ4v) is 6.80. The summed E-state index contributed by atoms with van der Waals surface area (Å²) in [4.78, 5) is 37.8. The summed E-state index contributed by atoms with van der Waals surface area (Å²) < 4.78 is 16.7. The van der Waals surface area contributed by atoms with Crippen molar-refractivity contribution in [2.45, 2.75) is 232 Å². The van der Waals surface area contributed by atoms with E-state index in [4.69, 9.17) is 14.2 Å². The molecule has 0 bridgehead atoms. The third-order valence-electron chi connectivity index (χ3n) is 10.8. The van der Waals surface area contributed by atoms with Crippen molar-refractivity contribution in [1.29, 1.82) is 0 Å². The first kappa shape index (κ1) is 61.1. The van der Waals surface area contributed by atoms with Gasteiger partial charge in [-0.1, -0.05) is 207 Å². The van der Waals surface area contributed by atoms with Crippen molar-refractivity contribution in [2.75, 3.05) is 13.2 Å². The first-order chi connectivity index (χ1) is 32.0. The molecule has 0 aliphatic rings. The van der Waals surface area contributed by atoms with E-state index in [-0.39, 0.29) is 31.1 Å². The first-order valence-electron chi connectivity index (χ1n) is 26.4. The normalized spacial score (nSPS) is 13.0. The van der Waals surface area contributed by atoms with Gasteiger partial charge in [0.2, 0.25) is 0 Å². The van der Waals surface area contributed by atoms with Crippen LogP contribution in [0.3, 0.4) is 0 Å². The summed E-state index contributed by atoms with van der Waals surface area (Å²) in [6, 6.07) is 0. The Morgan fingerprint density at radius 3 is 1.00 bits per heavy atom. The molecule has 6 heteroatoms. The number of hydrogen-bond acceptors (Lipinski definition) is 6. The van der Waals surface area contributed by atoms with Gasteiger partial charge in [-0.3, -0.25) is 14.4 Å². The fourth-order valence-electron chi connectivity index (χ4n) is 6.80. The minimum atomic E-state index is -0.798. The Morgan fingerprint density at radius 1 is 0.323 bits per heavy atom. The minimum Gasteiger partial charge on any atom is -0.462 e. The second kappa shape index (κ2) is 52.7. The number of carbonyl (C=O) groups is 3. The van der Waals surface area contributed by atoms with Crippen LogP contribution in [-0.2, 0) is 28.6 Å². The molecule has 0 aromatic rings. The molecule has 0 aromatic carbocycles. The molecule has 0 saturated heterocycles. The Balaban J connectivity index is 4.31. The Morgan fingerprint density at radius 2 is 0.600 bits per heavy atom. The van der Waals surface area contributed by atoms with Crippen LogP contribution in [0.15, 0.2) is 109 Å². The van der Waals surface area contributed by atoms with Crippen LogP contribution >= 0.6 is 0 Å². The number of esters is 3. The molecule has 368 valence electrons. The van der Waals surface area contributed by atoms with E-state index < -0.39 is 6.10 Å². The van der Waals surface area contributed by atoms with Crippen molar-refractivity contribution in [3.05, 3.63) is 109 Å². The van der Waals surface area contributed by atoms with Gasteiger partial charge in [0.1, 0.15) is 13.2 Å². The quantitative estimate of drug-likeness (QED) is 0.0262. The molecule has 0 aliphatic carbocycles. The van der Waals surface area contributed by atoms with Crippen molar-refractivity contribution >= 4 is 17.9 Å². The van der Waals surface area contributed by atoms with Crippen molar-refractivity contribution in [2.24, 2.45) is 0 Å². The monoisotopic (exact) mass is 901 g/mol. The third-order valence-corrected chi connectivity index (χ3v) is 10.8. The van der Waals surface area contributed by atoms with E-state index in [0.717, 1.165) is 122 Å². The highest BCUT2D eigenvalue weighted by molar-refractivity contribution is 5.71. The van der Waals surface area contributed by atoms with E-state index in [1.165, 1.54) is 64.2 Å². The summed E-state index contributed by atoms with van der Waals surface area (Å²) in [6.45, 7) is 6.40. The summed E-state index contributed by atoms with van der Waals surface area (Å²) in [6.07, 6.45) is 71.0. The van der Waals surface area contributed by atoms with Gasteiger partial charge in [0, 0.05) is 19.3 Å². The zero-order valence-corrected chi connectivity index (χ0v) is 42.0. The molecule has 0 amide bonds. The number of carbonyl (C=O) groups excluding carboxylic acids is 3. The van der Waals surface area contributed by atoms with Gasteiger partial charge in [0.05, 0.1) is 0 Å². The molecule has 0 heterocycles. The molecular formula is C59H96O6. The predicted octanol–water partition coefficient (Wildman–Crippen LogP) is 17.5. The average molecular weight is 901 g/mol. The molecule has 6 nitrogen and oxygen atoms in total. The molecule has 0 N–H and O–H groups in total. The highest BCUT2D eigenvalue weighted by atomic mass is 16.6. The number of allylic oxidation sites excluding steroid dienone is 18. The third kappa shape index (κ3) is 50.9. The minimum absolute atomic E-state index is 0.0961. The highest BCUT2D eigenvalue weighted by Crippen LogP contribution is 2.13. The van der Waals surface area contributed by atoms with E-state index in [2.05, 4.69) is 130 Å². The van der Waals surface area contributed by atoms with E-state index in [9.17, 15) is 14.4 Å². The highest BCUT2D eigenvalue weighted by Gasteiger charge is 2.19. The lowest BCUT2D eigenvalue weighted by atomic mass is 10.1.